The van der Waals surface area contributed by atoms with Gasteiger partial charge in [0, 0.05) is 17.5 Å². The van der Waals surface area contributed by atoms with E-state index in [9.17, 15) is 0 Å². The zero-order valence-corrected chi connectivity index (χ0v) is 12.1. The van der Waals surface area contributed by atoms with Gasteiger partial charge in [-0.15, -0.1) is 0 Å². The van der Waals surface area contributed by atoms with E-state index in [2.05, 4.69) is 27.4 Å². The Bertz CT molecular complexity index is 462. The van der Waals surface area contributed by atoms with Crippen LogP contribution in [0.1, 0.15) is 38.3 Å². The maximum atomic E-state index is 4.63. The molecular formula is C14H20N4S. The summed E-state index contributed by atoms with van der Waals surface area (Å²) >= 11 is 1.86. The minimum Gasteiger partial charge on any atom is -0.359 e. The summed E-state index contributed by atoms with van der Waals surface area (Å²) in [5, 5.41) is 12.7. The number of nitrogens with one attached hydrogen (secondary N) is 1. The highest BCUT2D eigenvalue weighted by Crippen LogP contribution is 2.38. The van der Waals surface area contributed by atoms with E-state index in [1.54, 1.807) is 6.20 Å². The van der Waals surface area contributed by atoms with E-state index in [1.807, 2.05) is 23.9 Å². The monoisotopic (exact) mass is 276 g/mol. The number of nitrogens with zero attached hydrogens (tertiary/aromatic N) is 3. The van der Waals surface area contributed by atoms with Crippen molar-refractivity contribution in [1.29, 1.82) is 0 Å². The smallest absolute Gasteiger partial charge is 0.157 e. The number of rotatable bonds is 2. The summed E-state index contributed by atoms with van der Waals surface area (Å²) in [7, 11) is 0. The van der Waals surface area contributed by atoms with Crippen molar-refractivity contribution in [3.63, 3.8) is 0 Å². The maximum Gasteiger partial charge on any atom is 0.157 e. The summed E-state index contributed by atoms with van der Waals surface area (Å²) in [6, 6.07) is 3.87. The van der Waals surface area contributed by atoms with Gasteiger partial charge in [0.05, 0.1) is 12.2 Å². The highest BCUT2D eigenvalue weighted by Gasteiger charge is 2.40. The van der Waals surface area contributed by atoms with Crippen LogP contribution in [-0.2, 0) is 6.54 Å². The van der Waals surface area contributed by atoms with Crippen molar-refractivity contribution < 1.29 is 0 Å². The number of hydrogen-bond donors (Lipinski definition) is 1. The molecule has 5 heteroatoms. The number of thioether (sulfide) groups is 1. The topological polar surface area (TPSA) is 50.2 Å². The van der Waals surface area contributed by atoms with Crippen molar-refractivity contribution in [2.24, 2.45) is 10.9 Å². The van der Waals surface area contributed by atoms with Gasteiger partial charge in [0.2, 0.25) is 0 Å². The summed E-state index contributed by atoms with van der Waals surface area (Å²) in [6.07, 6.45) is 6.97. The van der Waals surface area contributed by atoms with Gasteiger partial charge in [-0.05, 0) is 30.9 Å². The summed E-state index contributed by atoms with van der Waals surface area (Å²) in [6.45, 7) is 2.98. The van der Waals surface area contributed by atoms with Crippen molar-refractivity contribution in [2.45, 2.75) is 44.7 Å². The standard InChI is InChI=1S/C14H20N4S/c1-11-4-2-6-14(8-11)10-19-13(17-14)15-9-12-5-3-7-16-18-12/h3,5,7,11H,2,4,6,8-10H2,1H3,(H,15,17). The molecule has 2 unspecified atom stereocenters. The number of amidine groups is 1. The van der Waals surface area contributed by atoms with Gasteiger partial charge >= 0.3 is 0 Å². The summed E-state index contributed by atoms with van der Waals surface area (Å²) in [5.74, 6) is 2.00. The fourth-order valence-electron chi connectivity index (χ4n) is 3.07. The fraction of sp³-hybridized carbons (Fsp3) is 0.643. The van der Waals surface area contributed by atoms with Crippen LogP contribution in [0.15, 0.2) is 23.3 Å². The predicted molar refractivity (Wildman–Crippen MR) is 79.1 cm³/mol. The third kappa shape index (κ3) is 3.08. The van der Waals surface area contributed by atoms with Crippen LogP contribution < -0.4 is 5.32 Å². The molecule has 1 aromatic rings. The summed E-state index contributed by atoms with van der Waals surface area (Å²) in [4.78, 5) is 4.63. The fourth-order valence-corrected chi connectivity index (χ4v) is 4.26. The quantitative estimate of drug-likeness (QED) is 0.902. The maximum absolute atomic E-state index is 4.63. The molecule has 3 rings (SSSR count). The van der Waals surface area contributed by atoms with E-state index in [0.29, 0.717) is 12.1 Å². The second-order valence-electron chi connectivity index (χ2n) is 5.73. The molecule has 1 saturated carbocycles. The number of aliphatic imine (C=N–C) groups is 1. The van der Waals surface area contributed by atoms with Gasteiger partial charge in [-0.1, -0.05) is 31.5 Å². The highest BCUT2D eigenvalue weighted by molar-refractivity contribution is 8.14. The highest BCUT2D eigenvalue weighted by atomic mass is 32.2. The lowest BCUT2D eigenvalue weighted by molar-refractivity contribution is 0.242. The van der Waals surface area contributed by atoms with Crippen molar-refractivity contribution in [1.82, 2.24) is 15.5 Å². The lowest BCUT2D eigenvalue weighted by Crippen LogP contribution is -2.47. The Morgan fingerprint density at radius 3 is 3.32 bits per heavy atom. The molecule has 2 aliphatic rings. The van der Waals surface area contributed by atoms with Crippen LogP contribution >= 0.6 is 11.8 Å². The Balaban J connectivity index is 1.62. The van der Waals surface area contributed by atoms with Gasteiger partial charge < -0.3 is 5.32 Å². The van der Waals surface area contributed by atoms with E-state index in [4.69, 9.17) is 0 Å². The molecule has 102 valence electrons. The molecule has 2 fully saturated rings. The molecule has 0 amide bonds. The van der Waals surface area contributed by atoms with Crippen LogP contribution in [0.25, 0.3) is 0 Å². The first kappa shape index (κ1) is 12.9. The van der Waals surface area contributed by atoms with Crippen LogP contribution in [0, 0.1) is 5.92 Å². The molecule has 4 nitrogen and oxygen atoms in total. The van der Waals surface area contributed by atoms with Crippen molar-refractivity contribution in [3.8, 4) is 0 Å². The first-order valence-electron chi connectivity index (χ1n) is 6.98. The molecule has 2 atom stereocenters. The van der Waals surface area contributed by atoms with E-state index >= 15 is 0 Å². The summed E-state index contributed by atoms with van der Waals surface area (Å²) < 4.78 is 0. The third-order valence-corrected chi connectivity index (χ3v) is 5.16. The van der Waals surface area contributed by atoms with E-state index in [0.717, 1.165) is 22.5 Å². The minimum absolute atomic E-state index is 0.309. The second-order valence-corrected chi connectivity index (χ2v) is 6.70. The van der Waals surface area contributed by atoms with E-state index < -0.39 is 0 Å². The van der Waals surface area contributed by atoms with Gasteiger partial charge in [-0.3, -0.25) is 4.99 Å². The Kier molecular flexibility index (Phi) is 3.73. The molecule has 2 heterocycles. The van der Waals surface area contributed by atoms with Gasteiger partial charge in [0.1, 0.15) is 0 Å². The molecule has 1 aliphatic carbocycles. The van der Waals surface area contributed by atoms with Crippen LogP contribution in [0.4, 0.5) is 0 Å². The lowest BCUT2D eigenvalue weighted by atomic mass is 9.78. The third-order valence-electron chi connectivity index (χ3n) is 3.96. The zero-order valence-electron chi connectivity index (χ0n) is 11.3. The Hall–Kier alpha value is -1.10. The average molecular weight is 276 g/mol. The molecule has 1 N–H and O–H groups in total. The predicted octanol–water partition coefficient (Wildman–Crippen LogP) is 2.62. The first-order chi connectivity index (χ1) is 9.26. The molecule has 1 aliphatic heterocycles. The Morgan fingerprint density at radius 1 is 1.58 bits per heavy atom. The Morgan fingerprint density at radius 2 is 2.53 bits per heavy atom. The molecule has 1 aromatic heterocycles. The number of hydrogen-bond acceptors (Lipinski definition) is 4. The lowest BCUT2D eigenvalue weighted by Gasteiger charge is -2.36. The van der Waals surface area contributed by atoms with Gasteiger partial charge in [-0.2, -0.15) is 10.2 Å². The van der Waals surface area contributed by atoms with Crippen molar-refractivity contribution in [2.75, 3.05) is 5.75 Å². The molecule has 19 heavy (non-hydrogen) atoms. The van der Waals surface area contributed by atoms with Crippen LogP contribution in [0.3, 0.4) is 0 Å². The van der Waals surface area contributed by atoms with Gasteiger partial charge in [-0.25, -0.2) is 0 Å². The van der Waals surface area contributed by atoms with Crippen molar-refractivity contribution in [3.05, 3.63) is 24.0 Å². The second kappa shape index (κ2) is 5.49. The molecule has 0 radical (unpaired) electrons. The largest absolute Gasteiger partial charge is 0.359 e. The number of aromatic nitrogens is 2. The molecule has 0 aromatic carbocycles. The van der Waals surface area contributed by atoms with Gasteiger partial charge in [0.25, 0.3) is 0 Å². The first-order valence-corrected chi connectivity index (χ1v) is 7.96. The van der Waals surface area contributed by atoms with E-state index in [-0.39, 0.29) is 0 Å². The SMILES string of the molecule is CC1CCCC2(CSC(=NCc3cccnn3)N2)C1. The van der Waals surface area contributed by atoms with E-state index in [1.165, 1.54) is 25.7 Å². The summed E-state index contributed by atoms with van der Waals surface area (Å²) in [5.41, 5.74) is 1.24. The van der Waals surface area contributed by atoms with Crippen LogP contribution in [0.2, 0.25) is 0 Å². The van der Waals surface area contributed by atoms with Crippen LogP contribution in [0.5, 0.6) is 0 Å². The minimum atomic E-state index is 0.309. The zero-order chi connectivity index (χ0) is 13.1. The Labute approximate surface area is 118 Å². The molecule has 1 saturated heterocycles. The molecule has 0 bridgehead atoms. The average Bonchev–Trinajstić information content (AvgIpc) is 2.80. The van der Waals surface area contributed by atoms with Gasteiger partial charge in [0.15, 0.2) is 5.17 Å². The molecule has 1 spiro atoms. The molecular weight excluding hydrogens is 256 g/mol. The van der Waals surface area contributed by atoms with Crippen LogP contribution in [-0.4, -0.2) is 26.7 Å². The van der Waals surface area contributed by atoms with Crippen molar-refractivity contribution >= 4 is 16.9 Å². The normalized spacial score (nSPS) is 32.7.